The van der Waals surface area contributed by atoms with E-state index in [-0.39, 0.29) is 17.9 Å². The molecule has 1 saturated carbocycles. The lowest BCUT2D eigenvalue weighted by molar-refractivity contribution is -0.0113. The van der Waals surface area contributed by atoms with Crippen molar-refractivity contribution in [2.24, 2.45) is 0 Å². The van der Waals surface area contributed by atoms with E-state index >= 15 is 0 Å². The van der Waals surface area contributed by atoms with Gasteiger partial charge in [0.25, 0.3) is 5.91 Å². The van der Waals surface area contributed by atoms with Gasteiger partial charge in [-0.2, -0.15) is 0 Å². The topological polar surface area (TPSA) is 73.4 Å². The Morgan fingerprint density at radius 2 is 2.17 bits per heavy atom. The van der Waals surface area contributed by atoms with Crippen LogP contribution in [0.3, 0.4) is 0 Å². The van der Waals surface area contributed by atoms with Gasteiger partial charge in [0.2, 0.25) is 11.8 Å². The van der Waals surface area contributed by atoms with Gasteiger partial charge in [0, 0.05) is 24.7 Å². The molecule has 0 bridgehead atoms. The Hall–Kier alpha value is -2.15. The molecule has 1 amide bonds. The molecule has 128 valence electrons. The van der Waals surface area contributed by atoms with Gasteiger partial charge in [-0.3, -0.25) is 4.79 Å². The van der Waals surface area contributed by atoms with Crippen LogP contribution in [0.15, 0.2) is 22.7 Å². The van der Waals surface area contributed by atoms with Crippen molar-refractivity contribution in [2.45, 2.75) is 44.7 Å². The maximum absolute atomic E-state index is 13.1. The predicted molar refractivity (Wildman–Crippen MR) is 85.7 cm³/mol. The smallest absolute Gasteiger partial charge is 0.271 e. The maximum atomic E-state index is 13.1. The standard InChI is InChI=1S/C17H22N4O3/c1-11(2)15-18-19-16(24-15)14-10-23-9-8-21(14)17(22)13-4-3-7-20(13)12-5-6-12/h3-4,7,11-12,14H,5-6,8-10H2,1-2H3. The molecule has 7 nitrogen and oxygen atoms in total. The summed E-state index contributed by atoms with van der Waals surface area (Å²) in [6.07, 6.45) is 4.27. The first kappa shape index (κ1) is 15.4. The van der Waals surface area contributed by atoms with Crippen LogP contribution < -0.4 is 0 Å². The molecule has 1 aliphatic carbocycles. The van der Waals surface area contributed by atoms with Crippen LogP contribution in [0.4, 0.5) is 0 Å². The molecule has 2 aromatic rings. The summed E-state index contributed by atoms with van der Waals surface area (Å²) in [5, 5.41) is 8.24. The van der Waals surface area contributed by atoms with Gasteiger partial charge in [-0.15, -0.1) is 10.2 Å². The van der Waals surface area contributed by atoms with E-state index in [1.165, 1.54) is 0 Å². The fourth-order valence-corrected chi connectivity index (χ4v) is 3.06. The van der Waals surface area contributed by atoms with Gasteiger partial charge in [0.05, 0.1) is 13.2 Å². The van der Waals surface area contributed by atoms with Crippen LogP contribution >= 0.6 is 0 Å². The minimum absolute atomic E-state index is 0.00416. The Labute approximate surface area is 140 Å². The van der Waals surface area contributed by atoms with E-state index in [1.807, 2.05) is 32.2 Å². The minimum Gasteiger partial charge on any atom is -0.423 e. The predicted octanol–water partition coefficient (Wildman–Crippen LogP) is 2.54. The number of ether oxygens (including phenoxy) is 1. The highest BCUT2D eigenvalue weighted by molar-refractivity contribution is 5.93. The summed E-state index contributed by atoms with van der Waals surface area (Å²) < 4.78 is 13.4. The highest BCUT2D eigenvalue weighted by Crippen LogP contribution is 2.37. The van der Waals surface area contributed by atoms with E-state index in [9.17, 15) is 4.79 Å². The highest BCUT2D eigenvalue weighted by Gasteiger charge is 2.36. The van der Waals surface area contributed by atoms with Crippen LogP contribution in [0.1, 0.15) is 67.0 Å². The molecule has 3 heterocycles. The van der Waals surface area contributed by atoms with E-state index in [1.54, 1.807) is 4.90 Å². The number of amides is 1. The van der Waals surface area contributed by atoms with Gasteiger partial charge in [0.1, 0.15) is 11.7 Å². The summed E-state index contributed by atoms with van der Waals surface area (Å²) in [5.41, 5.74) is 0.730. The second-order valence-corrected chi connectivity index (χ2v) is 6.75. The molecule has 7 heteroatoms. The van der Waals surface area contributed by atoms with Crippen molar-refractivity contribution in [1.29, 1.82) is 0 Å². The van der Waals surface area contributed by atoms with E-state index in [4.69, 9.17) is 9.15 Å². The van der Waals surface area contributed by atoms with Gasteiger partial charge in [-0.05, 0) is 25.0 Å². The van der Waals surface area contributed by atoms with Crippen LogP contribution in [0.5, 0.6) is 0 Å². The summed E-state index contributed by atoms with van der Waals surface area (Å²) >= 11 is 0. The molecule has 2 aliphatic rings. The Morgan fingerprint density at radius 3 is 2.88 bits per heavy atom. The van der Waals surface area contributed by atoms with Crippen molar-refractivity contribution in [3.63, 3.8) is 0 Å². The van der Waals surface area contributed by atoms with E-state index in [0.29, 0.717) is 37.6 Å². The molecule has 0 aromatic carbocycles. The van der Waals surface area contributed by atoms with Gasteiger partial charge in [0.15, 0.2) is 0 Å². The average molecular weight is 330 g/mol. The van der Waals surface area contributed by atoms with Gasteiger partial charge < -0.3 is 18.6 Å². The largest absolute Gasteiger partial charge is 0.423 e. The zero-order valence-corrected chi connectivity index (χ0v) is 14.0. The quantitative estimate of drug-likeness (QED) is 0.861. The number of rotatable bonds is 4. The third-order valence-corrected chi connectivity index (χ3v) is 4.56. The van der Waals surface area contributed by atoms with Gasteiger partial charge in [-0.25, -0.2) is 0 Å². The normalized spacial score (nSPS) is 21.5. The van der Waals surface area contributed by atoms with E-state index in [2.05, 4.69) is 14.8 Å². The monoisotopic (exact) mass is 330 g/mol. The van der Waals surface area contributed by atoms with Crippen LogP contribution in [0, 0.1) is 0 Å². The lowest BCUT2D eigenvalue weighted by atomic mass is 10.2. The van der Waals surface area contributed by atoms with Crippen molar-refractivity contribution >= 4 is 5.91 Å². The summed E-state index contributed by atoms with van der Waals surface area (Å²) in [7, 11) is 0. The van der Waals surface area contributed by atoms with Crippen LogP contribution in [-0.4, -0.2) is 45.3 Å². The van der Waals surface area contributed by atoms with Crippen molar-refractivity contribution in [2.75, 3.05) is 19.8 Å². The zero-order chi connectivity index (χ0) is 16.7. The fourth-order valence-electron chi connectivity index (χ4n) is 3.06. The molecular weight excluding hydrogens is 308 g/mol. The number of aromatic nitrogens is 3. The third kappa shape index (κ3) is 2.73. The molecule has 0 spiro atoms. The molecule has 1 unspecified atom stereocenters. The second kappa shape index (κ2) is 6.05. The van der Waals surface area contributed by atoms with Crippen molar-refractivity contribution in [3.8, 4) is 0 Å². The lowest BCUT2D eigenvalue weighted by Gasteiger charge is -2.33. The highest BCUT2D eigenvalue weighted by atomic mass is 16.5. The number of carbonyl (C=O) groups is 1. The van der Waals surface area contributed by atoms with Gasteiger partial charge >= 0.3 is 0 Å². The molecule has 0 N–H and O–H groups in total. The zero-order valence-electron chi connectivity index (χ0n) is 14.0. The number of nitrogens with zero attached hydrogens (tertiary/aromatic N) is 4. The minimum atomic E-state index is -0.325. The molecule has 1 saturated heterocycles. The fraction of sp³-hybridized carbons (Fsp3) is 0.588. The molecule has 0 radical (unpaired) electrons. The summed E-state index contributed by atoms with van der Waals surface area (Å²) in [4.78, 5) is 14.9. The Morgan fingerprint density at radius 1 is 1.33 bits per heavy atom. The Balaban J connectivity index is 1.61. The third-order valence-electron chi connectivity index (χ3n) is 4.56. The first-order valence-electron chi connectivity index (χ1n) is 8.54. The summed E-state index contributed by atoms with van der Waals surface area (Å²) in [6, 6.07) is 3.97. The lowest BCUT2D eigenvalue weighted by Crippen LogP contribution is -2.44. The van der Waals surface area contributed by atoms with Crippen LogP contribution in [-0.2, 0) is 4.74 Å². The molecule has 1 aliphatic heterocycles. The second-order valence-electron chi connectivity index (χ2n) is 6.75. The summed E-state index contributed by atoms with van der Waals surface area (Å²) in [5.74, 6) is 1.21. The number of morpholine rings is 1. The molecule has 1 atom stereocenters. The Bertz CT molecular complexity index is 732. The molecule has 2 aromatic heterocycles. The maximum Gasteiger partial charge on any atom is 0.271 e. The average Bonchev–Trinajstić information content (AvgIpc) is 3.13. The first-order valence-corrected chi connectivity index (χ1v) is 8.54. The van der Waals surface area contributed by atoms with Crippen molar-refractivity contribution in [3.05, 3.63) is 35.8 Å². The SMILES string of the molecule is CC(C)c1nnc(C2COCCN2C(=O)c2cccn2C2CC2)o1. The molecule has 2 fully saturated rings. The van der Waals surface area contributed by atoms with Crippen molar-refractivity contribution in [1.82, 2.24) is 19.7 Å². The van der Waals surface area contributed by atoms with E-state index in [0.717, 1.165) is 18.5 Å². The van der Waals surface area contributed by atoms with Crippen LogP contribution in [0.25, 0.3) is 0 Å². The van der Waals surface area contributed by atoms with Crippen LogP contribution in [0.2, 0.25) is 0 Å². The van der Waals surface area contributed by atoms with Gasteiger partial charge in [-0.1, -0.05) is 13.8 Å². The number of carbonyl (C=O) groups excluding carboxylic acids is 1. The number of hydrogen-bond acceptors (Lipinski definition) is 5. The van der Waals surface area contributed by atoms with Crippen molar-refractivity contribution < 1.29 is 13.9 Å². The summed E-state index contributed by atoms with van der Waals surface area (Å²) in [6.45, 7) is 5.44. The molecule has 4 rings (SSSR count). The van der Waals surface area contributed by atoms with E-state index < -0.39 is 0 Å². The molecular formula is C17H22N4O3. The Kier molecular flexibility index (Phi) is 3.88. The molecule has 24 heavy (non-hydrogen) atoms. The number of hydrogen-bond donors (Lipinski definition) is 0. The first-order chi connectivity index (χ1) is 11.6.